The first-order valence-electron chi connectivity index (χ1n) is 6.28. The molecule has 1 aliphatic heterocycles. The fourth-order valence-corrected chi connectivity index (χ4v) is 1.84. The highest BCUT2D eigenvalue weighted by molar-refractivity contribution is 5.93. The number of alkyl halides is 2. The van der Waals surface area contributed by atoms with Crippen LogP contribution in [0.2, 0.25) is 0 Å². The van der Waals surface area contributed by atoms with Gasteiger partial charge in [0.05, 0.1) is 0 Å². The van der Waals surface area contributed by atoms with Crippen molar-refractivity contribution in [2.45, 2.75) is 20.1 Å². The first-order valence-corrected chi connectivity index (χ1v) is 6.28. The maximum absolute atomic E-state index is 12.3. The van der Waals surface area contributed by atoms with E-state index >= 15 is 0 Å². The summed E-state index contributed by atoms with van der Waals surface area (Å²) in [5.41, 5.74) is 2.27. The number of nitrogens with one attached hydrogen (secondary N) is 2. The second-order valence-electron chi connectivity index (χ2n) is 4.50. The molecular weight excluding hydrogens is 266 g/mol. The highest BCUT2D eigenvalue weighted by atomic mass is 19.3. The number of rotatable bonds is 5. The molecule has 1 aromatic carbocycles. The normalized spacial score (nSPS) is 13.9. The zero-order valence-electron chi connectivity index (χ0n) is 11.1. The predicted molar refractivity (Wildman–Crippen MR) is 70.5 cm³/mol. The molecule has 108 valence electrons. The van der Waals surface area contributed by atoms with Crippen molar-refractivity contribution in [3.8, 4) is 5.75 Å². The Balaban J connectivity index is 1.98. The van der Waals surface area contributed by atoms with Gasteiger partial charge >= 0.3 is 6.61 Å². The number of carbonyl (C=O) groups is 1. The predicted octanol–water partition coefficient (Wildman–Crippen LogP) is 1.82. The molecule has 1 amide bonds. The van der Waals surface area contributed by atoms with Crippen molar-refractivity contribution in [3.63, 3.8) is 0 Å². The van der Waals surface area contributed by atoms with Crippen LogP contribution in [0.25, 0.3) is 0 Å². The Hall–Kier alpha value is -1.95. The SMILES string of the molecule is CC(C(=O)NCc1ccccc1OC(F)F)=C1CNC1. The van der Waals surface area contributed by atoms with E-state index in [4.69, 9.17) is 0 Å². The third kappa shape index (κ3) is 3.54. The van der Waals surface area contributed by atoms with Gasteiger partial charge in [0.15, 0.2) is 0 Å². The van der Waals surface area contributed by atoms with Crippen LogP contribution in [0, 0.1) is 0 Å². The Kier molecular flexibility index (Phi) is 4.68. The zero-order valence-corrected chi connectivity index (χ0v) is 11.1. The van der Waals surface area contributed by atoms with Gasteiger partial charge in [-0.1, -0.05) is 18.2 Å². The van der Waals surface area contributed by atoms with Gasteiger partial charge in [-0.2, -0.15) is 8.78 Å². The molecule has 2 N–H and O–H groups in total. The van der Waals surface area contributed by atoms with E-state index in [1.165, 1.54) is 6.07 Å². The number of carbonyl (C=O) groups excluding carboxylic acids is 1. The van der Waals surface area contributed by atoms with E-state index in [0.717, 1.165) is 18.7 Å². The number of benzene rings is 1. The van der Waals surface area contributed by atoms with Crippen molar-refractivity contribution >= 4 is 5.91 Å². The lowest BCUT2D eigenvalue weighted by atomic mass is 10.0. The third-order valence-electron chi connectivity index (χ3n) is 3.18. The molecule has 1 aromatic rings. The van der Waals surface area contributed by atoms with Crippen LogP contribution in [-0.4, -0.2) is 25.6 Å². The lowest BCUT2D eigenvalue weighted by Gasteiger charge is -2.21. The smallest absolute Gasteiger partial charge is 0.387 e. The average molecular weight is 282 g/mol. The minimum Gasteiger partial charge on any atom is -0.434 e. The summed E-state index contributed by atoms with van der Waals surface area (Å²) in [6, 6.07) is 6.41. The van der Waals surface area contributed by atoms with Crippen molar-refractivity contribution in [2.24, 2.45) is 0 Å². The van der Waals surface area contributed by atoms with E-state index in [-0.39, 0.29) is 18.2 Å². The van der Waals surface area contributed by atoms with Crippen LogP contribution < -0.4 is 15.4 Å². The van der Waals surface area contributed by atoms with Gasteiger partial charge in [-0.25, -0.2) is 0 Å². The van der Waals surface area contributed by atoms with Crippen molar-refractivity contribution < 1.29 is 18.3 Å². The van der Waals surface area contributed by atoms with Gasteiger partial charge in [0, 0.05) is 30.8 Å². The van der Waals surface area contributed by atoms with Crippen LogP contribution >= 0.6 is 0 Å². The average Bonchev–Trinajstić information content (AvgIpc) is 2.34. The minimum absolute atomic E-state index is 0.0819. The second kappa shape index (κ2) is 6.47. The topological polar surface area (TPSA) is 50.4 Å². The Morgan fingerprint density at radius 1 is 1.40 bits per heavy atom. The summed E-state index contributed by atoms with van der Waals surface area (Å²) in [6.07, 6.45) is 0. The molecule has 0 unspecified atom stereocenters. The fourth-order valence-electron chi connectivity index (χ4n) is 1.84. The molecule has 0 bridgehead atoms. The highest BCUT2D eigenvalue weighted by Gasteiger charge is 2.16. The van der Waals surface area contributed by atoms with Crippen LogP contribution in [0.4, 0.5) is 8.78 Å². The summed E-state index contributed by atoms with van der Waals surface area (Å²) in [6.45, 7) is 0.485. The van der Waals surface area contributed by atoms with E-state index in [9.17, 15) is 13.6 Å². The lowest BCUT2D eigenvalue weighted by Crippen LogP contribution is -2.37. The maximum atomic E-state index is 12.3. The number of amides is 1. The highest BCUT2D eigenvalue weighted by Crippen LogP contribution is 2.20. The van der Waals surface area contributed by atoms with Crippen LogP contribution in [0.1, 0.15) is 12.5 Å². The van der Waals surface area contributed by atoms with Crippen molar-refractivity contribution in [1.82, 2.24) is 10.6 Å². The van der Waals surface area contributed by atoms with Crippen LogP contribution in [0.15, 0.2) is 35.4 Å². The van der Waals surface area contributed by atoms with Crippen LogP contribution in [-0.2, 0) is 11.3 Å². The first-order chi connectivity index (χ1) is 9.58. The summed E-state index contributed by atoms with van der Waals surface area (Å²) in [4.78, 5) is 11.9. The number of para-hydroxylation sites is 1. The molecule has 0 aromatic heterocycles. The molecular formula is C14H16F2N2O2. The van der Waals surface area contributed by atoms with E-state index in [1.54, 1.807) is 25.1 Å². The van der Waals surface area contributed by atoms with Gasteiger partial charge < -0.3 is 15.4 Å². The molecule has 0 spiro atoms. The van der Waals surface area contributed by atoms with Gasteiger partial charge in [0.1, 0.15) is 5.75 Å². The van der Waals surface area contributed by atoms with E-state index in [1.807, 2.05) is 0 Å². The minimum atomic E-state index is -2.88. The molecule has 0 atom stereocenters. The van der Waals surface area contributed by atoms with E-state index in [0.29, 0.717) is 11.1 Å². The van der Waals surface area contributed by atoms with Crippen LogP contribution in [0.5, 0.6) is 5.75 Å². The second-order valence-corrected chi connectivity index (χ2v) is 4.50. The zero-order chi connectivity index (χ0) is 14.5. The van der Waals surface area contributed by atoms with Gasteiger partial charge in [-0.3, -0.25) is 4.79 Å². The third-order valence-corrected chi connectivity index (χ3v) is 3.18. The lowest BCUT2D eigenvalue weighted by molar-refractivity contribution is -0.117. The number of ether oxygens (including phenoxy) is 1. The molecule has 2 rings (SSSR count). The van der Waals surface area contributed by atoms with Gasteiger partial charge in [0.25, 0.3) is 0 Å². The first kappa shape index (κ1) is 14.5. The van der Waals surface area contributed by atoms with Crippen molar-refractivity contribution in [3.05, 3.63) is 41.0 Å². The largest absolute Gasteiger partial charge is 0.434 e. The molecule has 1 heterocycles. The fraction of sp³-hybridized carbons (Fsp3) is 0.357. The Bertz CT molecular complexity index is 524. The number of hydrogen-bond donors (Lipinski definition) is 2. The summed E-state index contributed by atoms with van der Waals surface area (Å²) in [5, 5.41) is 5.77. The van der Waals surface area contributed by atoms with Crippen molar-refractivity contribution in [2.75, 3.05) is 13.1 Å². The van der Waals surface area contributed by atoms with E-state index < -0.39 is 6.61 Å². The van der Waals surface area contributed by atoms with Gasteiger partial charge in [-0.15, -0.1) is 0 Å². The molecule has 1 fully saturated rings. The Morgan fingerprint density at radius 3 is 2.70 bits per heavy atom. The maximum Gasteiger partial charge on any atom is 0.387 e. The molecule has 1 saturated heterocycles. The molecule has 1 aliphatic rings. The molecule has 0 aliphatic carbocycles. The molecule has 0 radical (unpaired) electrons. The van der Waals surface area contributed by atoms with Crippen LogP contribution in [0.3, 0.4) is 0 Å². The summed E-state index contributed by atoms with van der Waals surface area (Å²) < 4.78 is 28.9. The monoisotopic (exact) mass is 282 g/mol. The van der Waals surface area contributed by atoms with Crippen molar-refractivity contribution in [1.29, 1.82) is 0 Å². The number of hydrogen-bond acceptors (Lipinski definition) is 3. The Labute approximate surface area is 115 Å². The molecule has 6 heteroatoms. The summed E-state index contributed by atoms with van der Waals surface area (Å²) in [7, 11) is 0. The van der Waals surface area contributed by atoms with Gasteiger partial charge in [-0.05, 0) is 18.6 Å². The van der Waals surface area contributed by atoms with E-state index in [2.05, 4.69) is 15.4 Å². The number of halogens is 2. The van der Waals surface area contributed by atoms with Gasteiger partial charge in [0.2, 0.25) is 5.91 Å². The Morgan fingerprint density at radius 2 is 2.10 bits per heavy atom. The molecule has 20 heavy (non-hydrogen) atoms. The quantitative estimate of drug-likeness (QED) is 0.810. The standard InChI is InChI=1S/C14H16F2N2O2/c1-9(11-6-17-7-11)13(19)18-8-10-4-2-3-5-12(10)20-14(15)16/h2-5,14,17H,6-8H2,1H3,(H,18,19). The summed E-state index contributed by atoms with van der Waals surface area (Å²) >= 11 is 0. The summed E-state index contributed by atoms with van der Waals surface area (Å²) in [5.74, 6) is -0.105. The molecule has 4 nitrogen and oxygen atoms in total. The molecule has 0 saturated carbocycles.